The quantitative estimate of drug-likeness (QED) is 0.0933. The molecule has 0 aromatic carbocycles. The number of aromatic amines is 1. The summed E-state index contributed by atoms with van der Waals surface area (Å²) >= 11 is 0. The summed E-state index contributed by atoms with van der Waals surface area (Å²) in [6.45, 7) is 9.81. The van der Waals surface area contributed by atoms with E-state index in [0.717, 1.165) is 74.3 Å². The maximum absolute atomic E-state index is 12.6. The van der Waals surface area contributed by atoms with E-state index in [1.807, 2.05) is 17.9 Å². The van der Waals surface area contributed by atoms with Crippen LogP contribution < -0.4 is 26.6 Å². The van der Waals surface area contributed by atoms with Gasteiger partial charge in [0.2, 0.25) is 11.9 Å². The van der Waals surface area contributed by atoms with Crippen molar-refractivity contribution in [1.29, 1.82) is 0 Å². The van der Waals surface area contributed by atoms with Crippen molar-refractivity contribution in [1.82, 2.24) is 41.0 Å². The van der Waals surface area contributed by atoms with Crippen LogP contribution in [0.2, 0.25) is 0 Å². The predicted octanol–water partition coefficient (Wildman–Crippen LogP) is 2.90. The molecule has 0 unspecified atom stereocenters. The van der Waals surface area contributed by atoms with E-state index in [-0.39, 0.29) is 24.5 Å². The topological polar surface area (TPSA) is 161 Å². The molecule has 46 heavy (non-hydrogen) atoms. The number of hydrogen-bond donors (Lipinski definition) is 6. The van der Waals surface area contributed by atoms with E-state index in [0.29, 0.717) is 45.2 Å². The number of ether oxygens (including phenoxy) is 1. The Bertz CT molecular complexity index is 1180. The lowest BCUT2D eigenvalue weighted by Crippen LogP contribution is -2.43. The van der Waals surface area contributed by atoms with Gasteiger partial charge in [-0.1, -0.05) is 19.3 Å². The molecule has 2 aromatic rings. The number of esters is 1. The lowest BCUT2D eigenvalue weighted by Gasteiger charge is -2.32. The molecule has 13 heteroatoms. The van der Waals surface area contributed by atoms with Gasteiger partial charge in [-0.25, -0.2) is 4.98 Å². The first kappa shape index (κ1) is 35.6. The minimum Gasteiger partial charge on any atom is -0.465 e. The van der Waals surface area contributed by atoms with Crippen molar-refractivity contribution in [2.45, 2.75) is 103 Å². The van der Waals surface area contributed by atoms with E-state index >= 15 is 0 Å². The highest BCUT2D eigenvalue weighted by atomic mass is 16.5. The molecule has 1 saturated heterocycles. The maximum Gasteiger partial charge on any atom is 0.319 e. The summed E-state index contributed by atoms with van der Waals surface area (Å²) in [6.07, 6.45) is 12.1. The average Bonchev–Trinajstić information content (AvgIpc) is 3.52. The number of anilines is 2. The summed E-state index contributed by atoms with van der Waals surface area (Å²) in [5, 5.41) is 24.7. The zero-order valence-electron chi connectivity index (χ0n) is 28.0. The van der Waals surface area contributed by atoms with Crippen LogP contribution >= 0.6 is 0 Å². The third-order valence-electron chi connectivity index (χ3n) is 8.62. The first-order chi connectivity index (χ1) is 22.5. The summed E-state index contributed by atoms with van der Waals surface area (Å²) in [5.74, 6) is 1.16. The summed E-state index contributed by atoms with van der Waals surface area (Å²) in [6, 6.07) is 5.04. The number of carbonyl (C=O) groups excluding carboxylic acids is 2. The minimum atomic E-state index is -0.298. The van der Waals surface area contributed by atoms with Crippen LogP contribution in [0.15, 0.2) is 12.1 Å². The van der Waals surface area contributed by atoms with E-state index in [1.54, 1.807) is 6.92 Å². The standard InChI is InChI=1S/C33H56N10O3/c1-3-46-32(45)24-35-18-12-31(44)43-19-13-27(14-20-43)39-30-21-25(2)38-33(40-30)37-23-29-22-28(41-42-29)11-7-15-34-16-8-17-36-26-9-5-4-6-10-26/h21-22,26-27,34-36H,3-20,23-24H2,1-2H3,(H,41,42)(H2,37,38,39,40). The monoisotopic (exact) mass is 640 g/mol. The Kier molecular flexibility index (Phi) is 15.5. The van der Waals surface area contributed by atoms with E-state index in [2.05, 4.69) is 47.8 Å². The van der Waals surface area contributed by atoms with Crippen LogP contribution in [0, 0.1) is 6.92 Å². The van der Waals surface area contributed by atoms with Gasteiger partial charge in [-0.15, -0.1) is 0 Å². The number of aromatic nitrogens is 4. The van der Waals surface area contributed by atoms with Gasteiger partial charge in [0.05, 0.1) is 31.1 Å². The Morgan fingerprint density at radius 3 is 2.57 bits per heavy atom. The first-order valence-electron chi connectivity index (χ1n) is 17.5. The Hall–Kier alpha value is -3.29. The number of nitrogens with one attached hydrogen (secondary N) is 6. The second-order valence-electron chi connectivity index (χ2n) is 12.5. The Morgan fingerprint density at radius 2 is 1.76 bits per heavy atom. The Labute approximate surface area is 274 Å². The maximum atomic E-state index is 12.6. The van der Waals surface area contributed by atoms with Gasteiger partial charge in [0.25, 0.3) is 0 Å². The van der Waals surface area contributed by atoms with E-state index in [4.69, 9.17) is 9.72 Å². The minimum absolute atomic E-state index is 0.103. The lowest BCUT2D eigenvalue weighted by molar-refractivity contribution is -0.142. The number of hydrogen-bond acceptors (Lipinski definition) is 11. The van der Waals surface area contributed by atoms with Crippen molar-refractivity contribution < 1.29 is 14.3 Å². The molecule has 6 N–H and O–H groups in total. The molecule has 4 rings (SSSR count). The third kappa shape index (κ3) is 13.2. The van der Waals surface area contributed by atoms with Crippen molar-refractivity contribution in [2.75, 3.05) is 63.1 Å². The second kappa shape index (κ2) is 20.1. The highest BCUT2D eigenvalue weighted by molar-refractivity contribution is 5.76. The van der Waals surface area contributed by atoms with Crippen molar-refractivity contribution in [2.24, 2.45) is 0 Å². The smallest absolute Gasteiger partial charge is 0.319 e. The molecule has 1 saturated carbocycles. The van der Waals surface area contributed by atoms with Gasteiger partial charge in [-0.3, -0.25) is 14.7 Å². The molecular formula is C33H56N10O3. The SMILES string of the molecule is CCOC(=O)CNCCC(=O)N1CCC(Nc2cc(C)nc(NCc3cc(CCCNCCCNC4CCCCC4)n[nH]3)n2)CC1. The number of piperidine rings is 1. The van der Waals surface area contributed by atoms with Crippen LogP contribution in [-0.2, 0) is 27.3 Å². The third-order valence-corrected chi connectivity index (χ3v) is 8.62. The number of aryl methyl sites for hydroxylation is 2. The number of H-pyrrole nitrogens is 1. The summed E-state index contributed by atoms with van der Waals surface area (Å²) in [5.41, 5.74) is 2.96. The number of amides is 1. The summed E-state index contributed by atoms with van der Waals surface area (Å²) in [4.78, 5) is 35.1. The number of nitrogens with zero attached hydrogens (tertiary/aromatic N) is 4. The highest BCUT2D eigenvalue weighted by Gasteiger charge is 2.23. The van der Waals surface area contributed by atoms with Gasteiger partial charge >= 0.3 is 5.97 Å². The molecule has 0 radical (unpaired) electrons. The van der Waals surface area contributed by atoms with Crippen LogP contribution in [0.25, 0.3) is 0 Å². The largest absolute Gasteiger partial charge is 0.465 e. The van der Waals surface area contributed by atoms with Gasteiger partial charge in [-0.05, 0) is 84.5 Å². The summed E-state index contributed by atoms with van der Waals surface area (Å²) in [7, 11) is 0. The zero-order valence-corrected chi connectivity index (χ0v) is 28.0. The van der Waals surface area contributed by atoms with Gasteiger partial charge < -0.3 is 36.2 Å². The van der Waals surface area contributed by atoms with Crippen molar-refractivity contribution in [3.63, 3.8) is 0 Å². The van der Waals surface area contributed by atoms with Crippen LogP contribution in [0.4, 0.5) is 11.8 Å². The number of rotatable bonds is 20. The Balaban J connectivity index is 1.08. The normalized spacial score (nSPS) is 16.0. The molecule has 2 aliphatic rings. The van der Waals surface area contributed by atoms with Crippen molar-refractivity contribution in [3.8, 4) is 0 Å². The van der Waals surface area contributed by atoms with Crippen LogP contribution in [0.3, 0.4) is 0 Å². The molecular weight excluding hydrogens is 584 g/mol. The van der Waals surface area contributed by atoms with Crippen molar-refractivity contribution >= 4 is 23.6 Å². The van der Waals surface area contributed by atoms with Crippen LogP contribution in [0.5, 0.6) is 0 Å². The molecule has 0 spiro atoms. The molecule has 1 amide bonds. The fraction of sp³-hybridized carbons (Fsp3) is 0.727. The van der Waals surface area contributed by atoms with Gasteiger partial charge in [0.1, 0.15) is 5.82 Å². The molecule has 0 atom stereocenters. The molecule has 1 aliphatic heterocycles. The van der Waals surface area contributed by atoms with Crippen LogP contribution in [-0.4, -0.2) is 101 Å². The first-order valence-corrected chi connectivity index (χ1v) is 17.5. The molecule has 13 nitrogen and oxygen atoms in total. The van der Waals surface area contributed by atoms with Gasteiger partial charge in [-0.2, -0.15) is 10.1 Å². The number of carbonyl (C=O) groups is 2. The van der Waals surface area contributed by atoms with E-state index < -0.39 is 0 Å². The zero-order chi connectivity index (χ0) is 32.4. The average molecular weight is 641 g/mol. The predicted molar refractivity (Wildman–Crippen MR) is 181 cm³/mol. The highest BCUT2D eigenvalue weighted by Crippen LogP contribution is 2.19. The Morgan fingerprint density at radius 1 is 0.957 bits per heavy atom. The van der Waals surface area contributed by atoms with Crippen LogP contribution in [0.1, 0.15) is 88.2 Å². The van der Waals surface area contributed by atoms with E-state index in [9.17, 15) is 9.59 Å². The van der Waals surface area contributed by atoms with Crippen molar-refractivity contribution in [3.05, 3.63) is 29.2 Å². The molecule has 3 heterocycles. The number of likely N-dealkylation sites (tertiary alicyclic amines) is 1. The molecule has 0 bridgehead atoms. The molecule has 2 aromatic heterocycles. The molecule has 1 aliphatic carbocycles. The second-order valence-corrected chi connectivity index (χ2v) is 12.5. The van der Waals surface area contributed by atoms with Gasteiger partial charge in [0, 0.05) is 49.9 Å². The lowest BCUT2D eigenvalue weighted by atomic mass is 9.95. The van der Waals surface area contributed by atoms with E-state index in [1.165, 1.54) is 38.5 Å². The fourth-order valence-corrected chi connectivity index (χ4v) is 6.11. The fourth-order valence-electron chi connectivity index (χ4n) is 6.11. The molecule has 256 valence electrons. The van der Waals surface area contributed by atoms with Gasteiger partial charge in [0.15, 0.2) is 0 Å². The molecule has 2 fully saturated rings. The summed E-state index contributed by atoms with van der Waals surface area (Å²) < 4.78 is 4.89.